The van der Waals surface area contributed by atoms with Gasteiger partial charge in [0.05, 0.1) is 6.26 Å². The predicted octanol–water partition coefficient (Wildman–Crippen LogP) is 3.17. The molecule has 7 nitrogen and oxygen atoms in total. The van der Waals surface area contributed by atoms with E-state index in [-0.39, 0.29) is 35.6 Å². The van der Waals surface area contributed by atoms with Gasteiger partial charge in [0.15, 0.2) is 5.82 Å². The minimum atomic E-state index is -0.260. The maximum atomic E-state index is 12.8. The van der Waals surface area contributed by atoms with Crippen LogP contribution in [0.3, 0.4) is 0 Å². The van der Waals surface area contributed by atoms with Crippen LogP contribution in [0.15, 0.2) is 27.3 Å². The molecule has 2 aromatic heterocycles. The van der Waals surface area contributed by atoms with Gasteiger partial charge in [0.25, 0.3) is 0 Å². The first-order chi connectivity index (χ1) is 12.6. The summed E-state index contributed by atoms with van der Waals surface area (Å²) in [5.74, 6) is 2.65. The van der Waals surface area contributed by atoms with Gasteiger partial charge in [-0.2, -0.15) is 4.98 Å². The number of furan rings is 1. The van der Waals surface area contributed by atoms with Crippen molar-refractivity contribution in [3.63, 3.8) is 0 Å². The Hall–Kier alpha value is -2.15. The van der Waals surface area contributed by atoms with Crippen LogP contribution >= 0.6 is 0 Å². The Balaban J connectivity index is 1.48. The molecule has 7 heteroatoms. The zero-order chi connectivity index (χ0) is 18.1. The van der Waals surface area contributed by atoms with E-state index in [0.717, 1.165) is 25.0 Å². The fraction of sp³-hybridized carbons (Fsp3) is 0.632. The second-order valence-corrected chi connectivity index (χ2v) is 7.55. The van der Waals surface area contributed by atoms with E-state index in [9.17, 15) is 4.79 Å². The molecule has 0 spiro atoms. The van der Waals surface area contributed by atoms with E-state index in [1.54, 1.807) is 6.26 Å². The Bertz CT molecular complexity index is 734. The summed E-state index contributed by atoms with van der Waals surface area (Å²) in [6.45, 7) is 5.44. The van der Waals surface area contributed by atoms with Crippen LogP contribution in [-0.4, -0.2) is 29.3 Å². The summed E-state index contributed by atoms with van der Waals surface area (Å²) in [6, 6.07) is 3.53. The number of hydrogen-bond acceptors (Lipinski definition) is 6. The van der Waals surface area contributed by atoms with Crippen LogP contribution in [0.4, 0.5) is 0 Å². The molecular weight excluding hydrogens is 334 g/mol. The van der Waals surface area contributed by atoms with Gasteiger partial charge in [-0.3, -0.25) is 4.79 Å². The fourth-order valence-electron chi connectivity index (χ4n) is 3.60. The molecule has 1 amide bonds. The van der Waals surface area contributed by atoms with Gasteiger partial charge in [-0.05, 0) is 37.3 Å². The van der Waals surface area contributed by atoms with E-state index in [0.29, 0.717) is 24.9 Å². The molecule has 1 aliphatic heterocycles. The molecule has 26 heavy (non-hydrogen) atoms. The number of carbonyl (C=O) groups excluding carboxylic acids is 1. The molecule has 1 N–H and O–H groups in total. The highest BCUT2D eigenvalue weighted by Gasteiger charge is 2.47. The molecule has 0 aromatic carbocycles. The van der Waals surface area contributed by atoms with Crippen LogP contribution in [0.1, 0.15) is 68.5 Å². The van der Waals surface area contributed by atoms with E-state index >= 15 is 0 Å². The first-order valence-corrected chi connectivity index (χ1v) is 9.38. The number of aromatic nitrogens is 2. The van der Waals surface area contributed by atoms with Gasteiger partial charge in [-0.25, -0.2) is 0 Å². The number of ether oxygens (including phenoxy) is 1. The largest absolute Gasteiger partial charge is 0.469 e. The summed E-state index contributed by atoms with van der Waals surface area (Å²) < 4.78 is 16.4. The molecule has 1 aliphatic carbocycles. The second kappa shape index (κ2) is 7.23. The number of rotatable bonds is 6. The van der Waals surface area contributed by atoms with E-state index in [1.807, 2.05) is 26.0 Å². The third-order valence-electron chi connectivity index (χ3n) is 5.31. The minimum absolute atomic E-state index is 0.0344. The normalized spacial score (nSPS) is 24.6. The van der Waals surface area contributed by atoms with Crippen molar-refractivity contribution in [1.29, 1.82) is 0 Å². The van der Waals surface area contributed by atoms with Gasteiger partial charge in [0.2, 0.25) is 11.8 Å². The topological polar surface area (TPSA) is 90.4 Å². The summed E-state index contributed by atoms with van der Waals surface area (Å²) in [5, 5.41) is 7.25. The molecule has 0 radical (unpaired) electrons. The summed E-state index contributed by atoms with van der Waals surface area (Å²) in [7, 11) is 0. The number of nitrogens with zero attached hydrogens (tertiary/aromatic N) is 2. The second-order valence-electron chi connectivity index (χ2n) is 7.55. The van der Waals surface area contributed by atoms with Crippen molar-refractivity contribution in [2.75, 3.05) is 13.2 Å². The van der Waals surface area contributed by atoms with Crippen LogP contribution in [-0.2, 0) is 9.53 Å². The van der Waals surface area contributed by atoms with Crippen LogP contribution < -0.4 is 5.32 Å². The SMILES string of the molecule is CC(C)c1noc([C@H](NC(=O)[C@@H]2C[C@H]2c2ccco2)C2CCOCC2)n1. The molecule has 3 heterocycles. The Labute approximate surface area is 152 Å². The molecule has 4 rings (SSSR count). The van der Waals surface area contributed by atoms with Crippen LogP contribution in [0, 0.1) is 11.8 Å². The maximum Gasteiger partial charge on any atom is 0.249 e. The first kappa shape index (κ1) is 17.3. The van der Waals surface area contributed by atoms with E-state index < -0.39 is 0 Å². The highest BCUT2D eigenvalue weighted by Crippen LogP contribution is 2.48. The van der Waals surface area contributed by atoms with Crippen molar-refractivity contribution >= 4 is 5.91 Å². The van der Waals surface area contributed by atoms with Crippen molar-refractivity contribution in [2.24, 2.45) is 11.8 Å². The molecular formula is C19H25N3O4. The zero-order valence-corrected chi connectivity index (χ0v) is 15.2. The summed E-state index contributed by atoms with van der Waals surface area (Å²) in [4.78, 5) is 17.3. The van der Waals surface area contributed by atoms with Crippen molar-refractivity contribution in [2.45, 2.75) is 51.0 Å². The molecule has 2 aliphatic rings. The molecule has 0 bridgehead atoms. The van der Waals surface area contributed by atoms with Crippen molar-refractivity contribution in [3.05, 3.63) is 35.9 Å². The number of nitrogens with one attached hydrogen (secondary N) is 1. The van der Waals surface area contributed by atoms with Crippen LogP contribution in [0.2, 0.25) is 0 Å². The highest BCUT2D eigenvalue weighted by molar-refractivity contribution is 5.83. The summed E-state index contributed by atoms with van der Waals surface area (Å²) in [5.41, 5.74) is 0. The molecule has 140 valence electrons. The lowest BCUT2D eigenvalue weighted by Crippen LogP contribution is -2.37. The van der Waals surface area contributed by atoms with Crippen LogP contribution in [0.5, 0.6) is 0 Å². The standard InChI is InChI=1S/C19H25N3O4/c1-11(2)17-21-19(26-22-17)16(12-5-8-24-9-6-12)20-18(23)14-10-13(14)15-4-3-7-25-15/h3-4,7,11-14,16H,5-6,8-10H2,1-2H3,(H,20,23)/t13-,14-,16-/m1/s1. The Morgan fingerprint density at radius 2 is 2.12 bits per heavy atom. The van der Waals surface area contributed by atoms with Crippen LogP contribution in [0.25, 0.3) is 0 Å². The van der Waals surface area contributed by atoms with Gasteiger partial charge in [0, 0.05) is 31.0 Å². The third-order valence-corrected chi connectivity index (χ3v) is 5.31. The summed E-state index contributed by atoms with van der Waals surface area (Å²) >= 11 is 0. The number of amides is 1. The Morgan fingerprint density at radius 3 is 2.77 bits per heavy atom. The van der Waals surface area contributed by atoms with Gasteiger partial charge >= 0.3 is 0 Å². The third kappa shape index (κ3) is 3.53. The monoisotopic (exact) mass is 359 g/mol. The van der Waals surface area contributed by atoms with E-state index in [4.69, 9.17) is 13.7 Å². The Morgan fingerprint density at radius 1 is 1.31 bits per heavy atom. The maximum absolute atomic E-state index is 12.8. The quantitative estimate of drug-likeness (QED) is 0.852. The summed E-state index contributed by atoms with van der Waals surface area (Å²) in [6.07, 6.45) is 4.22. The lowest BCUT2D eigenvalue weighted by molar-refractivity contribution is -0.124. The number of carbonyl (C=O) groups is 1. The first-order valence-electron chi connectivity index (χ1n) is 9.38. The van der Waals surface area contributed by atoms with E-state index in [1.165, 1.54) is 0 Å². The molecule has 0 unspecified atom stereocenters. The van der Waals surface area contributed by atoms with E-state index in [2.05, 4.69) is 15.5 Å². The molecule has 3 atom stereocenters. The van der Waals surface area contributed by atoms with Gasteiger partial charge in [-0.15, -0.1) is 0 Å². The average molecular weight is 359 g/mol. The molecule has 1 saturated heterocycles. The van der Waals surface area contributed by atoms with Gasteiger partial charge in [-0.1, -0.05) is 19.0 Å². The molecule has 1 saturated carbocycles. The number of hydrogen-bond donors (Lipinski definition) is 1. The lowest BCUT2D eigenvalue weighted by Gasteiger charge is -2.28. The minimum Gasteiger partial charge on any atom is -0.469 e. The fourth-order valence-corrected chi connectivity index (χ4v) is 3.60. The van der Waals surface area contributed by atoms with Gasteiger partial charge < -0.3 is 19.0 Å². The molecule has 2 fully saturated rings. The lowest BCUT2D eigenvalue weighted by atomic mass is 9.91. The van der Waals surface area contributed by atoms with Crippen molar-refractivity contribution in [1.82, 2.24) is 15.5 Å². The molecule has 2 aromatic rings. The van der Waals surface area contributed by atoms with Crippen molar-refractivity contribution < 1.29 is 18.5 Å². The zero-order valence-electron chi connectivity index (χ0n) is 15.2. The predicted molar refractivity (Wildman–Crippen MR) is 92.4 cm³/mol. The van der Waals surface area contributed by atoms with Gasteiger partial charge in [0.1, 0.15) is 11.8 Å². The average Bonchev–Trinajstić information content (AvgIpc) is 3.07. The Kier molecular flexibility index (Phi) is 4.80. The van der Waals surface area contributed by atoms with Crippen molar-refractivity contribution in [3.8, 4) is 0 Å². The smallest absolute Gasteiger partial charge is 0.249 e. The highest BCUT2D eigenvalue weighted by atomic mass is 16.5.